The number of rotatable bonds is 8. The molecule has 1 aliphatic heterocycles. The molecule has 0 saturated heterocycles. The number of H-pyrrole nitrogens is 1. The molecule has 1 aromatic carbocycles. The third-order valence-corrected chi connectivity index (χ3v) is 6.18. The van der Waals surface area contributed by atoms with E-state index in [1.54, 1.807) is 14.0 Å². The summed E-state index contributed by atoms with van der Waals surface area (Å²) in [6.07, 6.45) is 3.52. The molecule has 33 heavy (non-hydrogen) atoms. The largest absolute Gasteiger partial charge is 0.491 e. The van der Waals surface area contributed by atoms with Crippen molar-refractivity contribution in [1.82, 2.24) is 25.1 Å². The summed E-state index contributed by atoms with van der Waals surface area (Å²) >= 11 is 1.47. The summed E-state index contributed by atoms with van der Waals surface area (Å²) in [5, 5.41) is 11.1. The molecule has 4 rings (SSSR count). The van der Waals surface area contributed by atoms with Crippen molar-refractivity contribution in [1.29, 1.82) is 0 Å². The van der Waals surface area contributed by atoms with Crippen molar-refractivity contribution in [3.05, 3.63) is 53.4 Å². The lowest BCUT2D eigenvalue weighted by molar-refractivity contribution is -0.116. The van der Waals surface area contributed by atoms with Gasteiger partial charge in [-0.2, -0.15) is 5.10 Å². The van der Waals surface area contributed by atoms with Gasteiger partial charge >= 0.3 is 0 Å². The van der Waals surface area contributed by atoms with E-state index in [-0.39, 0.29) is 5.78 Å². The Bertz CT molecular complexity index is 1170. The van der Waals surface area contributed by atoms with Crippen molar-refractivity contribution in [2.75, 3.05) is 32.6 Å². The number of ketones is 1. The van der Waals surface area contributed by atoms with Crippen LogP contribution in [0, 0.1) is 6.92 Å². The molecule has 0 spiro atoms. The van der Waals surface area contributed by atoms with Crippen LogP contribution in [0.4, 0.5) is 11.6 Å². The number of methoxy groups -OCH3 is 1. The Morgan fingerprint density at radius 2 is 2.06 bits per heavy atom. The number of nitrogens with zero attached hydrogens (tertiary/aromatic N) is 4. The van der Waals surface area contributed by atoms with Crippen molar-refractivity contribution in [2.24, 2.45) is 0 Å². The standard InChI is InChI=1S/C24H28N6O2S/c1-15-13-20(29-28-15)25-23-22(32-4)21(18-9-11-30(3)12-10-18)26-24(27-23)33-19-7-5-17(6-8-19)14-16(2)31/h5-9,13H,10-12,14H2,1-4H3,(H2,25,26,27,28,29). The molecule has 0 atom stereocenters. The zero-order valence-corrected chi connectivity index (χ0v) is 20.1. The minimum Gasteiger partial charge on any atom is -0.491 e. The number of aromatic nitrogens is 4. The molecule has 8 nitrogen and oxygen atoms in total. The number of nitrogens with one attached hydrogen (secondary N) is 2. The second-order valence-corrected chi connectivity index (χ2v) is 9.20. The van der Waals surface area contributed by atoms with Crippen LogP contribution in [0.1, 0.15) is 30.3 Å². The first-order chi connectivity index (χ1) is 15.9. The fourth-order valence-corrected chi connectivity index (χ4v) is 4.39. The third-order valence-electron chi connectivity index (χ3n) is 5.30. The molecule has 0 amide bonds. The van der Waals surface area contributed by atoms with Gasteiger partial charge in [0.1, 0.15) is 11.5 Å². The van der Waals surface area contributed by atoms with Gasteiger partial charge < -0.3 is 15.0 Å². The summed E-state index contributed by atoms with van der Waals surface area (Å²) in [7, 11) is 3.74. The Labute approximate surface area is 197 Å². The molecule has 3 aromatic rings. The van der Waals surface area contributed by atoms with Gasteiger partial charge in [-0.1, -0.05) is 18.2 Å². The first-order valence-corrected chi connectivity index (χ1v) is 11.6. The summed E-state index contributed by atoms with van der Waals surface area (Å²) in [5.41, 5.74) is 3.89. The van der Waals surface area contributed by atoms with Gasteiger partial charge in [0, 0.05) is 36.2 Å². The number of hydrogen-bond acceptors (Lipinski definition) is 8. The molecule has 0 saturated carbocycles. The first kappa shape index (κ1) is 23.0. The predicted molar refractivity (Wildman–Crippen MR) is 130 cm³/mol. The van der Waals surface area contributed by atoms with Gasteiger partial charge in [-0.05, 0) is 62.3 Å². The van der Waals surface area contributed by atoms with Crippen LogP contribution >= 0.6 is 11.8 Å². The van der Waals surface area contributed by atoms with Crippen LogP contribution in [0.3, 0.4) is 0 Å². The van der Waals surface area contributed by atoms with Crippen molar-refractivity contribution in [3.63, 3.8) is 0 Å². The van der Waals surface area contributed by atoms with E-state index >= 15 is 0 Å². The molecule has 172 valence electrons. The van der Waals surface area contributed by atoms with Gasteiger partial charge in [0.05, 0.1) is 7.11 Å². The monoisotopic (exact) mass is 464 g/mol. The number of carbonyl (C=O) groups excluding carboxylic acids is 1. The number of ether oxygens (including phenoxy) is 1. The highest BCUT2D eigenvalue weighted by molar-refractivity contribution is 7.99. The Hall–Kier alpha value is -3.17. The molecule has 0 unspecified atom stereocenters. The molecular formula is C24H28N6O2S. The molecule has 0 bridgehead atoms. The van der Waals surface area contributed by atoms with Crippen molar-refractivity contribution in [2.45, 2.75) is 36.7 Å². The zero-order valence-electron chi connectivity index (χ0n) is 19.3. The van der Waals surface area contributed by atoms with E-state index in [1.165, 1.54) is 11.8 Å². The van der Waals surface area contributed by atoms with Crippen molar-refractivity contribution in [3.8, 4) is 5.75 Å². The molecular weight excluding hydrogens is 436 g/mol. The summed E-state index contributed by atoms with van der Waals surface area (Å²) in [6.45, 7) is 5.37. The SMILES string of the molecule is COc1c(Nc2cc(C)[nH]n2)nc(Sc2ccc(CC(C)=O)cc2)nc1C1=CCN(C)CC1. The van der Waals surface area contributed by atoms with E-state index in [0.29, 0.717) is 29.0 Å². The van der Waals surface area contributed by atoms with Crippen molar-refractivity contribution < 1.29 is 9.53 Å². The highest BCUT2D eigenvalue weighted by Crippen LogP contribution is 2.38. The topological polar surface area (TPSA) is 96.0 Å². The van der Waals surface area contributed by atoms with Gasteiger partial charge in [-0.25, -0.2) is 9.97 Å². The second-order valence-electron chi connectivity index (χ2n) is 8.16. The fourth-order valence-electron chi connectivity index (χ4n) is 3.63. The van der Waals surface area contributed by atoms with Crippen molar-refractivity contribution >= 4 is 34.8 Å². The lowest BCUT2D eigenvalue weighted by atomic mass is 10.0. The number of likely N-dealkylation sites (N-methyl/N-ethyl adjacent to an activating group) is 1. The summed E-state index contributed by atoms with van der Waals surface area (Å²) < 4.78 is 5.77. The van der Waals surface area contributed by atoms with E-state index in [4.69, 9.17) is 14.7 Å². The lowest BCUT2D eigenvalue weighted by Gasteiger charge is -2.23. The average molecular weight is 465 g/mol. The Kier molecular flexibility index (Phi) is 7.10. The molecule has 0 aliphatic carbocycles. The second kappa shape index (κ2) is 10.2. The fraction of sp³-hybridized carbons (Fsp3) is 0.333. The van der Waals surface area contributed by atoms with Crippen LogP contribution in [0.5, 0.6) is 5.75 Å². The van der Waals surface area contributed by atoms with Crippen LogP contribution in [-0.4, -0.2) is 58.1 Å². The number of benzene rings is 1. The lowest BCUT2D eigenvalue weighted by Crippen LogP contribution is -2.24. The van der Waals surface area contributed by atoms with E-state index < -0.39 is 0 Å². The molecule has 0 fully saturated rings. The minimum absolute atomic E-state index is 0.147. The van der Waals surface area contributed by atoms with Crippen LogP contribution in [0.25, 0.3) is 5.57 Å². The minimum atomic E-state index is 0.147. The Morgan fingerprint density at radius 1 is 1.27 bits per heavy atom. The first-order valence-electron chi connectivity index (χ1n) is 10.8. The van der Waals surface area contributed by atoms with E-state index in [9.17, 15) is 4.79 Å². The maximum absolute atomic E-state index is 11.4. The molecule has 2 N–H and O–H groups in total. The number of carbonyl (C=O) groups is 1. The summed E-state index contributed by atoms with van der Waals surface area (Å²) in [6, 6.07) is 9.85. The van der Waals surface area contributed by atoms with Gasteiger partial charge in [0.15, 0.2) is 22.5 Å². The molecule has 9 heteroatoms. The number of aryl methyl sites for hydroxylation is 1. The molecule has 2 aromatic heterocycles. The van der Waals surface area contributed by atoms with Crippen LogP contribution in [0.2, 0.25) is 0 Å². The smallest absolute Gasteiger partial charge is 0.195 e. The van der Waals surface area contributed by atoms with Gasteiger partial charge in [0.25, 0.3) is 0 Å². The number of Topliss-reactive ketones (excluding diaryl/α,β-unsaturated/α-hetero) is 1. The number of hydrogen-bond donors (Lipinski definition) is 2. The third kappa shape index (κ3) is 5.80. The van der Waals surface area contributed by atoms with Crippen LogP contribution in [0.15, 0.2) is 46.5 Å². The van der Waals surface area contributed by atoms with Gasteiger partial charge in [-0.3, -0.25) is 9.89 Å². The number of anilines is 2. The Balaban J connectivity index is 1.70. The number of aromatic amines is 1. The maximum Gasteiger partial charge on any atom is 0.195 e. The molecule has 3 heterocycles. The van der Waals surface area contributed by atoms with E-state index in [2.05, 4.69) is 33.5 Å². The normalized spacial score (nSPS) is 14.1. The van der Waals surface area contributed by atoms with E-state index in [1.807, 2.05) is 37.3 Å². The highest BCUT2D eigenvalue weighted by atomic mass is 32.2. The summed E-state index contributed by atoms with van der Waals surface area (Å²) in [5.74, 6) is 1.99. The van der Waals surface area contributed by atoms with E-state index in [0.717, 1.165) is 46.9 Å². The Morgan fingerprint density at radius 3 is 2.67 bits per heavy atom. The molecule has 1 aliphatic rings. The summed E-state index contributed by atoms with van der Waals surface area (Å²) in [4.78, 5) is 24.3. The van der Waals surface area contributed by atoms with Crippen LogP contribution in [-0.2, 0) is 11.2 Å². The highest BCUT2D eigenvalue weighted by Gasteiger charge is 2.22. The molecule has 0 radical (unpaired) electrons. The average Bonchev–Trinajstić information content (AvgIpc) is 3.19. The quantitative estimate of drug-likeness (QED) is 0.478. The van der Waals surface area contributed by atoms with Crippen LogP contribution < -0.4 is 10.1 Å². The zero-order chi connectivity index (χ0) is 23.4. The maximum atomic E-state index is 11.4. The van der Waals surface area contributed by atoms with Gasteiger partial charge in [-0.15, -0.1) is 0 Å². The predicted octanol–water partition coefficient (Wildman–Crippen LogP) is 4.26. The van der Waals surface area contributed by atoms with Gasteiger partial charge in [0.2, 0.25) is 0 Å².